The van der Waals surface area contributed by atoms with Crippen molar-refractivity contribution in [1.29, 1.82) is 0 Å². The van der Waals surface area contributed by atoms with Crippen molar-refractivity contribution in [3.63, 3.8) is 0 Å². The first kappa shape index (κ1) is 13.6. The summed E-state index contributed by atoms with van der Waals surface area (Å²) in [6.45, 7) is 7.27. The summed E-state index contributed by atoms with van der Waals surface area (Å²) in [7, 11) is 0. The van der Waals surface area contributed by atoms with E-state index in [0.717, 1.165) is 31.6 Å². The maximum absolute atomic E-state index is 6.26. The van der Waals surface area contributed by atoms with Gasteiger partial charge in [-0.2, -0.15) is 5.10 Å². The second kappa shape index (κ2) is 5.85. The highest BCUT2D eigenvalue weighted by molar-refractivity contribution is 5.03. The second-order valence-electron chi connectivity index (χ2n) is 5.55. The summed E-state index contributed by atoms with van der Waals surface area (Å²) in [5.41, 5.74) is 7.36. The quantitative estimate of drug-likeness (QED) is 0.872. The standard InChI is InChI=1S/C14H25N3O/c1-4-10(2)17-6-5-13(16-17)8-14(15)12-7-11(3)18-9-12/h5-6,10-12,14H,4,7-9,15H2,1-3H3. The van der Waals surface area contributed by atoms with Crippen LogP contribution in [0.2, 0.25) is 0 Å². The molecule has 1 aromatic rings. The topological polar surface area (TPSA) is 53.1 Å². The van der Waals surface area contributed by atoms with Crippen LogP contribution >= 0.6 is 0 Å². The molecular weight excluding hydrogens is 226 g/mol. The van der Waals surface area contributed by atoms with E-state index in [1.807, 2.05) is 4.68 Å². The van der Waals surface area contributed by atoms with Gasteiger partial charge in [-0.05, 0) is 32.8 Å². The lowest BCUT2D eigenvalue weighted by Gasteiger charge is -2.16. The lowest BCUT2D eigenvalue weighted by Crippen LogP contribution is -2.33. The number of hydrogen-bond acceptors (Lipinski definition) is 3. The SMILES string of the molecule is CCC(C)n1ccc(CC(N)C2COC(C)C2)n1. The van der Waals surface area contributed by atoms with E-state index >= 15 is 0 Å². The molecule has 0 aliphatic carbocycles. The van der Waals surface area contributed by atoms with Gasteiger partial charge in [0.2, 0.25) is 0 Å². The summed E-state index contributed by atoms with van der Waals surface area (Å²) < 4.78 is 7.62. The fourth-order valence-electron chi connectivity index (χ4n) is 2.48. The van der Waals surface area contributed by atoms with E-state index in [9.17, 15) is 0 Å². The van der Waals surface area contributed by atoms with Crippen LogP contribution < -0.4 is 5.73 Å². The zero-order valence-electron chi connectivity index (χ0n) is 11.7. The van der Waals surface area contributed by atoms with Gasteiger partial charge in [0.05, 0.1) is 18.4 Å². The van der Waals surface area contributed by atoms with Gasteiger partial charge < -0.3 is 10.5 Å². The Morgan fingerprint density at radius 1 is 1.61 bits per heavy atom. The van der Waals surface area contributed by atoms with Crippen LogP contribution in [-0.2, 0) is 11.2 Å². The molecule has 4 atom stereocenters. The normalized spacial score (nSPS) is 27.3. The summed E-state index contributed by atoms with van der Waals surface area (Å²) in [5, 5.41) is 4.61. The number of nitrogens with zero attached hydrogens (tertiary/aromatic N) is 2. The average molecular weight is 251 g/mol. The average Bonchev–Trinajstić information content (AvgIpc) is 2.97. The number of hydrogen-bond donors (Lipinski definition) is 1. The van der Waals surface area contributed by atoms with Gasteiger partial charge in [0, 0.05) is 30.6 Å². The van der Waals surface area contributed by atoms with Crippen molar-refractivity contribution in [2.75, 3.05) is 6.61 Å². The number of aromatic nitrogens is 2. The molecule has 1 fully saturated rings. The molecule has 2 heterocycles. The van der Waals surface area contributed by atoms with Crippen molar-refractivity contribution in [2.24, 2.45) is 11.7 Å². The molecule has 0 bridgehead atoms. The molecule has 1 saturated heterocycles. The van der Waals surface area contributed by atoms with Gasteiger partial charge in [-0.3, -0.25) is 4.68 Å². The molecule has 102 valence electrons. The summed E-state index contributed by atoms with van der Waals surface area (Å²) in [6, 6.07) is 2.71. The Morgan fingerprint density at radius 3 is 3.00 bits per heavy atom. The zero-order chi connectivity index (χ0) is 13.1. The molecule has 18 heavy (non-hydrogen) atoms. The Labute approximate surface area is 110 Å². The first-order chi connectivity index (χ1) is 8.60. The van der Waals surface area contributed by atoms with Gasteiger partial charge in [0.15, 0.2) is 0 Å². The Balaban J connectivity index is 1.91. The molecular formula is C14H25N3O. The molecule has 1 aliphatic heterocycles. The molecule has 0 amide bonds. The number of rotatable bonds is 5. The Bertz CT molecular complexity index is 377. The van der Waals surface area contributed by atoms with E-state index < -0.39 is 0 Å². The first-order valence-corrected chi connectivity index (χ1v) is 7.01. The van der Waals surface area contributed by atoms with Crippen LogP contribution in [0.3, 0.4) is 0 Å². The van der Waals surface area contributed by atoms with E-state index in [4.69, 9.17) is 10.5 Å². The monoisotopic (exact) mass is 251 g/mol. The van der Waals surface area contributed by atoms with E-state index in [1.165, 1.54) is 0 Å². The largest absolute Gasteiger partial charge is 0.378 e. The Kier molecular flexibility index (Phi) is 4.40. The van der Waals surface area contributed by atoms with E-state index in [1.54, 1.807) is 0 Å². The van der Waals surface area contributed by atoms with Crippen LogP contribution in [0, 0.1) is 5.92 Å². The van der Waals surface area contributed by atoms with Gasteiger partial charge in [0.1, 0.15) is 0 Å². The van der Waals surface area contributed by atoms with Gasteiger partial charge >= 0.3 is 0 Å². The van der Waals surface area contributed by atoms with E-state index in [2.05, 4.69) is 38.1 Å². The molecule has 0 spiro atoms. The molecule has 0 radical (unpaired) electrons. The van der Waals surface area contributed by atoms with Crippen molar-refractivity contribution in [2.45, 2.75) is 58.2 Å². The van der Waals surface area contributed by atoms with Gasteiger partial charge in [-0.25, -0.2) is 0 Å². The van der Waals surface area contributed by atoms with Crippen LogP contribution in [0.15, 0.2) is 12.3 Å². The van der Waals surface area contributed by atoms with Crippen LogP contribution in [0.5, 0.6) is 0 Å². The minimum Gasteiger partial charge on any atom is -0.378 e. The third kappa shape index (κ3) is 3.12. The van der Waals surface area contributed by atoms with Crippen molar-refractivity contribution in [3.05, 3.63) is 18.0 Å². The highest BCUT2D eigenvalue weighted by Gasteiger charge is 2.27. The lowest BCUT2D eigenvalue weighted by atomic mass is 9.94. The molecule has 1 aliphatic rings. The number of nitrogens with two attached hydrogens (primary N) is 1. The number of ether oxygens (including phenoxy) is 1. The van der Waals surface area contributed by atoms with Crippen LogP contribution in [0.1, 0.15) is 45.3 Å². The smallest absolute Gasteiger partial charge is 0.0640 e. The van der Waals surface area contributed by atoms with Crippen LogP contribution in [0.4, 0.5) is 0 Å². The highest BCUT2D eigenvalue weighted by Crippen LogP contribution is 2.23. The maximum Gasteiger partial charge on any atom is 0.0640 e. The van der Waals surface area contributed by atoms with Crippen molar-refractivity contribution < 1.29 is 4.74 Å². The Morgan fingerprint density at radius 2 is 2.39 bits per heavy atom. The minimum atomic E-state index is 0.162. The zero-order valence-corrected chi connectivity index (χ0v) is 11.7. The van der Waals surface area contributed by atoms with Crippen molar-refractivity contribution in [3.8, 4) is 0 Å². The summed E-state index contributed by atoms with van der Waals surface area (Å²) in [6.07, 6.45) is 5.45. The van der Waals surface area contributed by atoms with Crippen LogP contribution in [-0.4, -0.2) is 28.5 Å². The third-order valence-corrected chi connectivity index (χ3v) is 3.99. The molecule has 0 saturated carbocycles. The lowest BCUT2D eigenvalue weighted by molar-refractivity contribution is 0.118. The third-order valence-electron chi connectivity index (χ3n) is 3.99. The molecule has 0 aromatic carbocycles. The first-order valence-electron chi connectivity index (χ1n) is 7.01. The highest BCUT2D eigenvalue weighted by atomic mass is 16.5. The molecule has 1 aromatic heterocycles. The van der Waals surface area contributed by atoms with Gasteiger partial charge in [-0.1, -0.05) is 6.92 Å². The summed E-state index contributed by atoms with van der Waals surface area (Å²) in [4.78, 5) is 0. The van der Waals surface area contributed by atoms with Gasteiger partial charge in [0.25, 0.3) is 0 Å². The van der Waals surface area contributed by atoms with Crippen molar-refractivity contribution in [1.82, 2.24) is 9.78 Å². The van der Waals surface area contributed by atoms with Gasteiger partial charge in [-0.15, -0.1) is 0 Å². The van der Waals surface area contributed by atoms with Crippen LogP contribution in [0.25, 0.3) is 0 Å². The molecule has 4 nitrogen and oxygen atoms in total. The summed E-state index contributed by atoms with van der Waals surface area (Å²) in [5.74, 6) is 0.480. The molecule has 2 rings (SSSR count). The molecule has 4 heteroatoms. The van der Waals surface area contributed by atoms with E-state index in [-0.39, 0.29) is 6.04 Å². The van der Waals surface area contributed by atoms with Crippen molar-refractivity contribution >= 4 is 0 Å². The maximum atomic E-state index is 6.26. The predicted molar refractivity (Wildman–Crippen MR) is 72.4 cm³/mol. The minimum absolute atomic E-state index is 0.162. The molecule has 2 N–H and O–H groups in total. The summed E-state index contributed by atoms with van der Waals surface area (Å²) >= 11 is 0. The molecule has 4 unspecified atom stereocenters. The Hall–Kier alpha value is -0.870. The second-order valence-corrected chi connectivity index (χ2v) is 5.55. The predicted octanol–water partition coefficient (Wildman–Crippen LogP) is 2.15. The fourth-order valence-corrected chi connectivity index (χ4v) is 2.48. The van der Waals surface area contributed by atoms with E-state index in [0.29, 0.717) is 18.1 Å². The fraction of sp³-hybridized carbons (Fsp3) is 0.786.